The van der Waals surface area contributed by atoms with Crippen molar-refractivity contribution in [3.05, 3.63) is 71.6 Å². The van der Waals surface area contributed by atoms with E-state index < -0.39 is 10.8 Å². The predicted molar refractivity (Wildman–Crippen MR) is 113 cm³/mol. The number of nitrogens with one attached hydrogen (secondary N) is 1. The average Bonchev–Trinajstić information content (AvgIpc) is 3.09. The van der Waals surface area contributed by atoms with Crippen LogP contribution in [0.2, 0.25) is 0 Å². The van der Waals surface area contributed by atoms with Crippen LogP contribution in [0, 0.1) is 6.92 Å². The Morgan fingerprint density at radius 3 is 2.55 bits per heavy atom. The summed E-state index contributed by atoms with van der Waals surface area (Å²) in [6, 6.07) is 17.3. The number of methoxy groups -OCH3 is 1. The van der Waals surface area contributed by atoms with Crippen LogP contribution >= 0.6 is 0 Å². The van der Waals surface area contributed by atoms with Crippen LogP contribution in [0.1, 0.15) is 17.0 Å². The molecule has 3 aromatic rings. The first-order valence-electron chi connectivity index (χ1n) is 9.31. The van der Waals surface area contributed by atoms with E-state index in [0.29, 0.717) is 23.9 Å². The van der Waals surface area contributed by atoms with Gasteiger partial charge in [-0.1, -0.05) is 30.3 Å². The van der Waals surface area contributed by atoms with E-state index in [1.807, 2.05) is 54.6 Å². The van der Waals surface area contributed by atoms with Gasteiger partial charge in [-0.2, -0.15) is 0 Å². The molecule has 0 spiro atoms. The zero-order valence-electron chi connectivity index (χ0n) is 16.5. The van der Waals surface area contributed by atoms with E-state index in [-0.39, 0.29) is 17.4 Å². The van der Waals surface area contributed by atoms with Gasteiger partial charge in [-0.15, -0.1) is 0 Å². The lowest BCUT2D eigenvalue weighted by atomic mass is 10.1. The van der Waals surface area contributed by atoms with Gasteiger partial charge in [0, 0.05) is 22.9 Å². The number of aryl methyl sites for hydroxylation is 1. The average molecular weight is 413 g/mol. The lowest BCUT2D eigenvalue weighted by Crippen LogP contribution is -2.30. The third kappa shape index (κ3) is 6.02. The second-order valence-corrected chi connectivity index (χ2v) is 8.02. The zero-order chi connectivity index (χ0) is 20.6. The Morgan fingerprint density at radius 2 is 1.86 bits per heavy atom. The van der Waals surface area contributed by atoms with Crippen molar-refractivity contribution in [1.82, 2.24) is 10.3 Å². The number of oxazole rings is 1. The van der Waals surface area contributed by atoms with Gasteiger partial charge < -0.3 is 14.5 Å². The number of hydrogen-bond acceptors (Lipinski definition) is 5. The van der Waals surface area contributed by atoms with Gasteiger partial charge in [-0.05, 0) is 43.2 Å². The van der Waals surface area contributed by atoms with Crippen LogP contribution in [-0.2, 0) is 27.8 Å². The Bertz CT molecular complexity index is 968. The molecule has 0 unspecified atom stereocenters. The Kier molecular flexibility index (Phi) is 7.19. The monoisotopic (exact) mass is 412 g/mol. The molecule has 2 aromatic carbocycles. The number of benzene rings is 2. The van der Waals surface area contributed by atoms with Gasteiger partial charge in [0.05, 0.1) is 18.6 Å². The van der Waals surface area contributed by atoms with E-state index >= 15 is 0 Å². The van der Waals surface area contributed by atoms with E-state index in [4.69, 9.17) is 9.15 Å². The van der Waals surface area contributed by atoms with Crippen molar-refractivity contribution in [2.24, 2.45) is 0 Å². The third-order valence-corrected chi connectivity index (χ3v) is 5.58. The van der Waals surface area contributed by atoms with Gasteiger partial charge in [-0.3, -0.25) is 9.00 Å². The number of hydrogen-bond donors (Lipinski definition) is 1. The SMILES string of the molecule is COc1ccc(-c2nc(C[S@@](=O)CC(=O)NCCc3ccccc3)c(C)o2)cc1. The largest absolute Gasteiger partial charge is 0.497 e. The van der Waals surface area contributed by atoms with Crippen molar-refractivity contribution in [3.63, 3.8) is 0 Å². The van der Waals surface area contributed by atoms with Gasteiger partial charge in [0.25, 0.3) is 0 Å². The number of nitrogens with zero attached hydrogens (tertiary/aromatic N) is 1. The standard InChI is InChI=1S/C22H24N2O4S/c1-16-20(24-22(28-16)18-8-10-19(27-2)11-9-18)14-29(26)15-21(25)23-13-12-17-6-4-3-5-7-17/h3-11H,12-15H2,1-2H3,(H,23,25)/t29-/m1/s1. The molecule has 1 aromatic heterocycles. The topological polar surface area (TPSA) is 81.4 Å². The first kappa shape index (κ1) is 20.8. The van der Waals surface area contributed by atoms with Crippen molar-refractivity contribution >= 4 is 16.7 Å². The number of aromatic nitrogens is 1. The minimum absolute atomic E-state index is 0.0566. The number of amides is 1. The summed E-state index contributed by atoms with van der Waals surface area (Å²) < 4.78 is 23.2. The Labute approximate surface area is 172 Å². The summed E-state index contributed by atoms with van der Waals surface area (Å²) >= 11 is 0. The summed E-state index contributed by atoms with van der Waals surface area (Å²) in [5, 5.41) is 2.82. The van der Waals surface area contributed by atoms with Crippen molar-refractivity contribution < 1.29 is 18.2 Å². The smallest absolute Gasteiger partial charge is 0.232 e. The quantitative estimate of drug-likeness (QED) is 0.583. The Morgan fingerprint density at radius 1 is 1.14 bits per heavy atom. The molecular formula is C22H24N2O4S. The van der Waals surface area contributed by atoms with Crippen LogP contribution in [0.4, 0.5) is 0 Å². The van der Waals surface area contributed by atoms with Crippen LogP contribution in [0.25, 0.3) is 11.5 Å². The molecule has 0 fully saturated rings. The van der Waals surface area contributed by atoms with Gasteiger partial charge in [0.15, 0.2) is 0 Å². The summed E-state index contributed by atoms with van der Waals surface area (Å²) in [5.74, 6) is 1.71. The maximum absolute atomic E-state index is 12.4. The van der Waals surface area contributed by atoms with Crippen LogP contribution in [0.5, 0.6) is 5.75 Å². The fourth-order valence-corrected chi connectivity index (χ4v) is 3.88. The first-order valence-corrected chi connectivity index (χ1v) is 10.8. The van der Waals surface area contributed by atoms with Gasteiger partial charge in [-0.25, -0.2) is 4.98 Å². The molecule has 1 amide bonds. The van der Waals surface area contributed by atoms with Crippen molar-refractivity contribution in [3.8, 4) is 17.2 Å². The maximum Gasteiger partial charge on any atom is 0.232 e. The second kappa shape index (κ2) is 10.0. The maximum atomic E-state index is 12.4. The highest BCUT2D eigenvalue weighted by Crippen LogP contribution is 2.24. The molecule has 0 saturated carbocycles. The third-order valence-electron chi connectivity index (χ3n) is 4.40. The van der Waals surface area contributed by atoms with E-state index in [9.17, 15) is 9.00 Å². The molecule has 152 valence electrons. The molecule has 1 heterocycles. The minimum Gasteiger partial charge on any atom is -0.497 e. The highest BCUT2D eigenvalue weighted by Gasteiger charge is 2.16. The molecule has 6 nitrogen and oxygen atoms in total. The minimum atomic E-state index is -1.36. The molecule has 1 N–H and O–H groups in total. The molecule has 0 bridgehead atoms. The molecule has 29 heavy (non-hydrogen) atoms. The summed E-state index contributed by atoms with van der Waals surface area (Å²) in [6.45, 7) is 2.30. The fourth-order valence-electron chi connectivity index (χ4n) is 2.81. The van der Waals surface area contributed by atoms with Crippen LogP contribution in [0.15, 0.2) is 59.0 Å². The Balaban J connectivity index is 1.50. The number of carbonyl (C=O) groups is 1. The Hall–Kier alpha value is -2.93. The van der Waals surface area contributed by atoms with Crippen LogP contribution in [0.3, 0.4) is 0 Å². The summed E-state index contributed by atoms with van der Waals surface area (Å²) in [4.78, 5) is 16.5. The van der Waals surface area contributed by atoms with Gasteiger partial charge in [0.2, 0.25) is 11.8 Å². The second-order valence-electron chi connectivity index (χ2n) is 6.56. The molecule has 0 aliphatic carbocycles. The van der Waals surface area contributed by atoms with Gasteiger partial charge >= 0.3 is 0 Å². The lowest BCUT2D eigenvalue weighted by Gasteiger charge is -2.05. The summed E-state index contributed by atoms with van der Waals surface area (Å²) in [7, 11) is 0.245. The molecule has 0 aliphatic heterocycles. The molecule has 3 rings (SSSR count). The summed E-state index contributed by atoms with van der Waals surface area (Å²) in [6.07, 6.45) is 0.743. The normalized spacial score (nSPS) is 11.8. The highest BCUT2D eigenvalue weighted by molar-refractivity contribution is 7.84. The van der Waals surface area contributed by atoms with Crippen molar-refractivity contribution in [2.75, 3.05) is 19.4 Å². The number of ether oxygens (including phenoxy) is 1. The van der Waals surface area contributed by atoms with E-state index in [1.54, 1.807) is 14.0 Å². The predicted octanol–water partition coefficient (Wildman–Crippen LogP) is 3.27. The van der Waals surface area contributed by atoms with Crippen molar-refractivity contribution in [2.45, 2.75) is 19.1 Å². The fraction of sp³-hybridized carbons (Fsp3) is 0.273. The van der Waals surface area contributed by atoms with Gasteiger partial charge in [0.1, 0.15) is 17.3 Å². The first-order chi connectivity index (χ1) is 14.0. The zero-order valence-corrected chi connectivity index (χ0v) is 17.3. The van der Waals surface area contributed by atoms with Crippen LogP contribution in [-0.4, -0.2) is 34.5 Å². The van der Waals surface area contributed by atoms with E-state index in [1.165, 1.54) is 0 Å². The number of carbonyl (C=O) groups excluding carboxylic acids is 1. The molecule has 1 atom stereocenters. The molecule has 0 saturated heterocycles. The lowest BCUT2D eigenvalue weighted by molar-refractivity contribution is -0.118. The highest BCUT2D eigenvalue weighted by atomic mass is 32.2. The van der Waals surface area contributed by atoms with E-state index in [0.717, 1.165) is 23.3 Å². The number of rotatable bonds is 9. The molecular weight excluding hydrogens is 388 g/mol. The molecule has 7 heteroatoms. The van der Waals surface area contributed by atoms with E-state index in [2.05, 4.69) is 10.3 Å². The summed E-state index contributed by atoms with van der Waals surface area (Å²) in [5.41, 5.74) is 2.56. The molecule has 0 radical (unpaired) electrons. The van der Waals surface area contributed by atoms with Crippen molar-refractivity contribution in [1.29, 1.82) is 0 Å². The molecule has 0 aliphatic rings. The van der Waals surface area contributed by atoms with Crippen LogP contribution < -0.4 is 10.1 Å².